The molecule has 14 heavy (non-hydrogen) atoms. The maximum Gasteiger partial charge on any atom is 0.516 e. The molecule has 1 fully saturated rings. The summed E-state index contributed by atoms with van der Waals surface area (Å²) in [4.78, 5) is 10.9. The molecule has 1 aliphatic rings. The summed E-state index contributed by atoms with van der Waals surface area (Å²) in [7, 11) is -5.52. The molecule has 0 aromatic heterocycles. The van der Waals surface area contributed by atoms with Gasteiger partial charge >= 0.3 is 15.5 Å². The Kier molecular flexibility index (Phi) is 2.75. The van der Waals surface area contributed by atoms with Gasteiger partial charge in [0.05, 0.1) is 0 Å². The molecule has 1 aliphatic carbocycles. The molecule has 0 bridgehead atoms. The van der Waals surface area contributed by atoms with Gasteiger partial charge in [0.1, 0.15) is 0 Å². The van der Waals surface area contributed by atoms with Crippen molar-refractivity contribution in [3.05, 3.63) is 0 Å². The minimum atomic E-state index is -5.52. The van der Waals surface area contributed by atoms with E-state index in [9.17, 15) is 26.4 Å². The van der Waals surface area contributed by atoms with Gasteiger partial charge in [0.25, 0.3) is 0 Å². The predicted octanol–water partition coefficient (Wildman–Crippen LogP) is 0.752. The van der Waals surface area contributed by atoms with E-state index in [2.05, 4.69) is 0 Å². The molecule has 1 saturated carbocycles. The van der Waals surface area contributed by atoms with Crippen molar-refractivity contribution < 1.29 is 26.4 Å². The molecule has 0 aromatic rings. The zero-order valence-corrected chi connectivity index (χ0v) is 7.78. The first-order valence-electron chi connectivity index (χ1n) is 3.87. The fourth-order valence-electron chi connectivity index (χ4n) is 0.944. The van der Waals surface area contributed by atoms with Crippen molar-refractivity contribution in [2.24, 2.45) is 5.92 Å². The number of nitrogens with one attached hydrogen (secondary N) is 1. The monoisotopic (exact) mass is 231 g/mol. The van der Waals surface area contributed by atoms with Gasteiger partial charge in [-0.1, -0.05) is 6.42 Å². The van der Waals surface area contributed by atoms with Gasteiger partial charge in [0.2, 0.25) is 5.91 Å². The lowest BCUT2D eigenvalue weighted by Gasteiger charge is -2.23. The summed E-state index contributed by atoms with van der Waals surface area (Å²) in [5.74, 6) is -1.65. The van der Waals surface area contributed by atoms with E-state index in [1.54, 1.807) is 0 Å². The predicted molar refractivity (Wildman–Crippen MR) is 40.5 cm³/mol. The van der Waals surface area contributed by atoms with Crippen molar-refractivity contribution in [2.75, 3.05) is 0 Å². The van der Waals surface area contributed by atoms with E-state index in [0.29, 0.717) is 12.8 Å². The Hall–Kier alpha value is -0.790. The molecule has 1 rings (SSSR count). The van der Waals surface area contributed by atoms with Crippen LogP contribution in [0.4, 0.5) is 13.2 Å². The molecule has 0 radical (unpaired) electrons. The SMILES string of the molecule is O=C(NS(=O)(=O)C(F)(F)F)C1CCC1. The highest BCUT2D eigenvalue weighted by Crippen LogP contribution is 2.28. The van der Waals surface area contributed by atoms with Gasteiger partial charge in [0.15, 0.2) is 0 Å². The van der Waals surface area contributed by atoms with Gasteiger partial charge < -0.3 is 0 Å². The molecule has 0 aromatic carbocycles. The summed E-state index contributed by atoms with van der Waals surface area (Å²) >= 11 is 0. The minimum absolute atomic E-state index is 0.444. The minimum Gasteiger partial charge on any atom is -0.274 e. The average molecular weight is 231 g/mol. The lowest BCUT2D eigenvalue weighted by molar-refractivity contribution is -0.126. The first-order valence-corrected chi connectivity index (χ1v) is 5.35. The molecule has 1 N–H and O–H groups in total. The Morgan fingerprint density at radius 1 is 1.29 bits per heavy atom. The summed E-state index contributed by atoms with van der Waals surface area (Å²) in [6, 6.07) is 0. The smallest absolute Gasteiger partial charge is 0.274 e. The van der Waals surface area contributed by atoms with E-state index in [-0.39, 0.29) is 0 Å². The molecule has 0 spiro atoms. The number of halogens is 3. The normalized spacial score (nSPS) is 18.8. The standard InChI is InChI=1S/C6H8F3NO3S/c7-6(8,9)14(12,13)10-5(11)4-2-1-3-4/h4H,1-3H2,(H,10,11). The van der Waals surface area contributed by atoms with Gasteiger partial charge in [0, 0.05) is 5.92 Å². The lowest BCUT2D eigenvalue weighted by atomic mass is 9.85. The molecule has 0 atom stereocenters. The summed E-state index contributed by atoms with van der Waals surface area (Å²) in [6.45, 7) is 0. The second kappa shape index (κ2) is 3.41. The molecule has 4 nitrogen and oxygen atoms in total. The number of hydrogen-bond acceptors (Lipinski definition) is 3. The fourth-order valence-corrected chi connectivity index (χ4v) is 1.49. The van der Waals surface area contributed by atoms with Crippen LogP contribution in [0.2, 0.25) is 0 Å². The maximum absolute atomic E-state index is 11.8. The van der Waals surface area contributed by atoms with Gasteiger partial charge in [-0.3, -0.25) is 4.79 Å². The Morgan fingerprint density at radius 2 is 1.79 bits per heavy atom. The van der Waals surface area contributed by atoms with Gasteiger partial charge in [-0.25, -0.2) is 4.72 Å². The van der Waals surface area contributed by atoms with Crippen LogP contribution >= 0.6 is 0 Å². The van der Waals surface area contributed by atoms with Gasteiger partial charge in [-0.05, 0) is 12.8 Å². The molecule has 0 heterocycles. The van der Waals surface area contributed by atoms with Crippen LogP contribution in [0.3, 0.4) is 0 Å². The number of carbonyl (C=O) groups is 1. The zero-order valence-electron chi connectivity index (χ0n) is 6.97. The second-order valence-corrected chi connectivity index (χ2v) is 4.72. The van der Waals surface area contributed by atoms with E-state index >= 15 is 0 Å². The quantitative estimate of drug-likeness (QED) is 0.762. The third kappa shape index (κ3) is 2.17. The number of sulfonamides is 1. The molecule has 0 saturated heterocycles. The maximum atomic E-state index is 11.8. The number of carbonyl (C=O) groups excluding carboxylic acids is 1. The average Bonchev–Trinajstić information content (AvgIpc) is 1.76. The molecule has 0 unspecified atom stereocenters. The molecular formula is C6H8F3NO3S. The first-order chi connectivity index (χ1) is 6.24. The van der Waals surface area contributed by atoms with Gasteiger partial charge in [-0.15, -0.1) is 0 Å². The highest BCUT2D eigenvalue weighted by molar-refractivity contribution is 7.90. The third-order valence-electron chi connectivity index (χ3n) is 2.02. The summed E-state index contributed by atoms with van der Waals surface area (Å²) in [6.07, 6.45) is 1.63. The first kappa shape index (κ1) is 11.3. The van der Waals surface area contributed by atoms with Crippen molar-refractivity contribution in [3.63, 3.8) is 0 Å². The van der Waals surface area contributed by atoms with E-state index in [4.69, 9.17) is 0 Å². The van der Waals surface area contributed by atoms with Crippen LogP contribution < -0.4 is 4.72 Å². The van der Waals surface area contributed by atoms with Crippen LogP contribution in [-0.2, 0) is 14.8 Å². The molecule has 8 heteroatoms. The molecule has 0 aliphatic heterocycles. The van der Waals surface area contributed by atoms with Gasteiger partial charge in [-0.2, -0.15) is 21.6 Å². The van der Waals surface area contributed by atoms with E-state index in [0.717, 1.165) is 11.1 Å². The van der Waals surface area contributed by atoms with Crippen LogP contribution in [0.5, 0.6) is 0 Å². The summed E-state index contributed by atoms with van der Waals surface area (Å²) in [5, 5.41) is 0. The van der Waals surface area contributed by atoms with Crippen molar-refractivity contribution in [1.29, 1.82) is 0 Å². The third-order valence-corrected chi connectivity index (χ3v) is 3.09. The number of hydrogen-bond donors (Lipinski definition) is 1. The highest BCUT2D eigenvalue weighted by Gasteiger charge is 2.47. The van der Waals surface area contributed by atoms with Crippen LogP contribution in [0, 0.1) is 5.92 Å². The lowest BCUT2D eigenvalue weighted by Crippen LogP contribution is -2.44. The Bertz CT molecular complexity index is 331. The molecule has 82 valence electrons. The van der Waals surface area contributed by atoms with Crippen molar-refractivity contribution in [1.82, 2.24) is 4.72 Å². The largest absolute Gasteiger partial charge is 0.516 e. The number of rotatable bonds is 2. The summed E-state index contributed by atoms with van der Waals surface area (Å²) in [5.41, 5.74) is -5.42. The number of alkyl halides is 3. The van der Waals surface area contributed by atoms with E-state index in [1.165, 1.54) is 0 Å². The topological polar surface area (TPSA) is 63.2 Å². The zero-order chi connectivity index (χ0) is 11.0. The van der Waals surface area contributed by atoms with Crippen molar-refractivity contribution >= 4 is 15.9 Å². The highest BCUT2D eigenvalue weighted by atomic mass is 32.2. The van der Waals surface area contributed by atoms with Crippen molar-refractivity contribution in [3.8, 4) is 0 Å². The summed E-state index contributed by atoms with van der Waals surface area (Å²) < 4.78 is 57.2. The van der Waals surface area contributed by atoms with E-state index in [1.807, 2.05) is 0 Å². The second-order valence-electron chi connectivity index (χ2n) is 3.04. The Morgan fingerprint density at radius 3 is 2.07 bits per heavy atom. The van der Waals surface area contributed by atoms with E-state index < -0.39 is 27.4 Å². The molecular weight excluding hydrogens is 223 g/mol. The Labute approximate surface area is 78.5 Å². The van der Waals surface area contributed by atoms with Crippen LogP contribution in [0.1, 0.15) is 19.3 Å². The van der Waals surface area contributed by atoms with Crippen LogP contribution in [0.15, 0.2) is 0 Å². The van der Waals surface area contributed by atoms with Crippen LogP contribution in [0.25, 0.3) is 0 Å². The fraction of sp³-hybridized carbons (Fsp3) is 0.833. The van der Waals surface area contributed by atoms with Crippen LogP contribution in [-0.4, -0.2) is 19.8 Å². The van der Waals surface area contributed by atoms with Crippen molar-refractivity contribution in [2.45, 2.75) is 24.8 Å². The molecule has 1 amide bonds. The number of amides is 1. The Balaban J connectivity index is 2.63.